The van der Waals surface area contributed by atoms with Crippen LogP contribution in [-0.2, 0) is 0 Å². The van der Waals surface area contributed by atoms with Gasteiger partial charge in [-0.2, -0.15) is 0 Å². The first-order valence-corrected chi connectivity index (χ1v) is 13.5. The van der Waals surface area contributed by atoms with Crippen LogP contribution < -0.4 is 10.1 Å². The Morgan fingerprint density at radius 2 is 1.81 bits per heavy atom. The SMILES string of the molecule is Cc1cc(C2CCN(C3CCNCC3)[C@H](CC(C)C)C2)cc2[nH]c(-c3ccc(OC(F)(F)F)cc3)nc12. The lowest BCUT2D eigenvalue weighted by Gasteiger charge is -2.46. The number of nitrogens with one attached hydrogen (secondary N) is 2. The van der Waals surface area contributed by atoms with E-state index >= 15 is 0 Å². The average molecular weight is 515 g/mol. The normalized spacial score (nSPS) is 22.1. The van der Waals surface area contributed by atoms with Crippen LogP contribution in [0, 0.1) is 12.8 Å². The van der Waals surface area contributed by atoms with Crippen molar-refractivity contribution >= 4 is 11.0 Å². The van der Waals surface area contributed by atoms with E-state index in [0.29, 0.717) is 29.7 Å². The number of imidazole rings is 1. The average Bonchev–Trinajstić information content (AvgIpc) is 3.29. The van der Waals surface area contributed by atoms with E-state index in [1.54, 1.807) is 12.1 Å². The van der Waals surface area contributed by atoms with Crippen LogP contribution in [0.25, 0.3) is 22.4 Å². The molecule has 200 valence electrons. The molecule has 2 atom stereocenters. The minimum Gasteiger partial charge on any atom is -0.406 e. The second-order valence-corrected chi connectivity index (χ2v) is 11.1. The van der Waals surface area contributed by atoms with Crippen LogP contribution >= 0.6 is 0 Å². The van der Waals surface area contributed by atoms with Crippen LogP contribution in [0.3, 0.4) is 0 Å². The van der Waals surface area contributed by atoms with Crippen molar-refractivity contribution < 1.29 is 17.9 Å². The van der Waals surface area contributed by atoms with Crippen molar-refractivity contribution in [2.45, 2.75) is 77.2 Å². The number of nitrogens with zero attached hydrogens (tertiary/aromatic N) is 2. The highest BCUT2D eigenvalue weighted by molar-refractivity contribution is 5.83. The first kappa shape index (κ1) is 26.0. The molecule has 2 N–H and O–H groups in total. The summed E-state index contributed by atoms with van der Waals surface area (Å²) in [7, 11) is 0. The highest BCUT2D eigenvalue weighted by Gasteiger charge is 2.34. The summed E-state index contributed by atoms with van der Waals surface area (Å²) >= 11 is 0. The number of H-pyrrole nitrogens is 1. The number of aromatic nitrogens is 2. The predicted molar refractivity (Wildman–Crippen MR) is 141 cm³/mol. The van der Waals surface area contributed by atoms with Crippen molar-refractivity contribution in [3.05, 3.63) is 47.5 Å². The lowest BCUT2D eigenvalue weighted by molar-refractivity contribution is -0.274. The number of hydrogen-bond acceptors (Lipinski definition) is 4. The van der Waals surface area contributed by atoms with Crippen molar-refractivity contribution in [3.63, 3.8) is 0 Å². The van der Waals surface area contributed by atoms with E-state index in [1.165, 1.54) is 43.4 Å². The maximum atomic E-state index is 12.5. The van der Waals surface area contributed by atoms with Crippen molar-refractivity contribution in [1.29, 1.82) is 0 Å². The Bertz CT molecular complexity index is 1200. The Hall–Kier alpha value is -2.58. The molecule has 5 rings (SSSR count). The summed E-state index contributed by atoms with van der Waals surface area (Å²) in [5.41, 5.74) is 5.07. The van der Waals surface area contributed by atoms with Gasteiger partial charge in [0.05, 0.1) is 11.0 Å². The summed E-state index contributed by atoms with van der Waals surface area (Å²) < 4.78 is 41.5. The van der Waals surface area contributed by atoms with Gasteiger partial charge in [-0.25, -0.2) is 4.98 Å². The smallest absolute Gasteiger partial charge is 0.406 e. The number of fused-ring (bicyclic) bond motifs is 1. The first-order chi connectivity index (χ1) is 17.7. The van der Waals surface area contributed by atoms with E-state index in [-0.39, 0.29) is 5.75 Å². The molecule has 5 nitrogen and oxygen atoms in total. The molecule has 0 spiro atoms. The van der Waals surface area contributed by atoms with Crippen molar-refractivity contribution in [1.82, 2.24) is 20.2 Å². The summed E-state index contributed by atoms with van der Waals surface area (Å²) in [5, 5.41) is 3.51. The van der Waals surface area contributed by atoms with Gasteiger partial charge in [0.1, 0.15) is 11.6 Å². The molecule has 2 aliphatic heterocycles. The van der Waals surface area contributed by atoms with Gasteiger partial charge >= 0.3 is 6.36 Å². The molecule has 8 heteroatoms. The molecule has 1 unspecified atom stereocenters. The minimum absolute atomic E-state index is 0.238. The zero-order valence-corrected chi connectivity index (χ0v) is 21.9. The van der Waals surface area contributed by atoms with Crippen LogP contribution in [0.2, 0.25) is 0 Å². The lowest BCUT2D eigenvalue weighted by Crippen LogP contribution is -2.51. The molecule has 2 aliphatic rings. The van der Waals surface area contributed by atoms with Crippen LogP contribution in [-0.4, -0.2) is 52.9 Å². The maximum absolute atomic E-state index is 12.5. The molecule has 0 amide bonds. The fourth-order valence-corrected chi connectivity index (χ4v) is 6.27. The molecule has 2 fully saturated rings. The zero-order valence-electron chi connectivity index (χ0n) is 21.9. The summed E-state index contributed by atoms with van der Waals surface area (Å²) in [5.74, 6) is 1.58. The summed E-state index contributed by atoms with van der Waals surface area (Å²) in [4.78, 5) is 11.0. The molecule has 1 aromatic heterocycles. The third-order valence-electron chi connectivity index (χ3n) is 7.91. The van der Waals surface area contributed by atoms with E-state index in [1.807, 2.05) is 0 Å². The Labute approximate surface area is 216 Å². The summed E-state index contributed by atoms with van der Waals surface area (Å²) in [6.07, 6.45) is 1.34. The quantitative estimate of drug-likeness (QED) is 0.381. The molecule has 2 saturated heterocycles. The highest BCUT2D eigenvalue weighted by atomic mass is 19.4. The monoisotopic (exact) mass is 514 g/mol. The van der Waals surface area contributed by atoms with Gasteiger partial charge in [0, 0.05) is 17.6 Å². The molecular formula is C29H37F3N4O. The number of benzene rings is 2. The number of likely N-dealkylation sites (tertiary alicyclic amines) is 1. The molecule has 0 aliphatic carbocycles. The van der Waals surface area contributed by atoms with Crippen LogP contribution in [0.4, 0.5) is 13.2 Å². The van der Waals surface area contributed by atoms with Crippen molar-refractivity contribution in [2.75, 3.05) is 19.6 Å². The number of aromatic amines is 1. The molecule has 0 bridgehead atoms. The second kappa shape index (κ2) is 10.7. The lowest BCUT2D eigenvalue weighted by atomic mass is 9.80. The zero-order chi connectivity index (χ0) is 26.2. The molecular weight excluding hydrogens is 477 g/mol. The van der Waals surface area contributed by atoms with Crippen LogP contribution in [0.15, 0.2) is 36.4 Å². The molecule has 3 heterocycles. The molecule has 0 saturated carbocycles. The Morgan fingerprint density at radius 1 is 1.08 bits per heavy atom. The molecule has 37 heavy (non-hydrogen) atoms. The van der Waals surface area contributed by atoms with Gasteiger partial charge in [-0.15, -0.1) is 13.2 Å². The Balaban J connectivity index is 1.36. The largest absolute Gasteiger partial charge is 0.573 e. The topological polar surface area (TPSA) is 53.2 Å². The summed E-state index contributed by atoms with van der Waals surface area (Å²) in [6.45, 7) is 10.1. The second-order valence-electron chi connectivity index (χ2n) is 11.1. The van der Waals surface area contributed by atoms with Gasteiger partial charge in [0.15, 0.2) is 0 Å². The predicted octanol–water partition coefficient (Wildman–Crippen LogP) is 6.78. The van der Waals surface area contributed by atoms with E-state index < -0.39 is 6.36 Å². The molecule has 0 radical (unpaired) electrons. The number of ether oxygens (including phenoxy) is 1. The molecule has 2 aromatic carbocycles. The fourth-order valence-electron chi connectivity index (χ4n) is 6.27. The number of aryl methyl sites for hydroxylation is 1. The highest BCUT2D eigenvalue weighted by Crippen LogP contribution is 2.38. The third kappa shape index (κ3) is 6.12. The number of alkyl halides is 3. The van der Waals surface area contributed by atoms with Crippen LogP contribution in [0.5, 0.6) is 5.75 Å². The van der Waals surface area contributed by atoms with Gasteiger partial charge < -0.3 is 15.0 Å². The van der Waals surface area contributed by atoms with Crippen LogP contribution in [0.1, 0.15) is 63.0 Å². The van der Waals surface area contributed by atoms with Gasteiger partial charge in [0.2, 0.25) is 0 Å². The first-order valence-electron chi connectivity index (χ1n) is 13.5. The standard InChI is InChI=1S/C29H37F3N4O/c1-18(2)14-24-16-21(10-13-36(24)23-8-11-33-12-9-23)22-15-19(3)27-26(17-22)34-28(35-27)20-4-6-25(7-5-20)37-29(30,31)32/h4-7,15,17-18,21,23-24,33H,8-14,16H2,1-3H3,(H,34,35)/t21?,24-/m1/s1. The van der Waals surface area contributed by atoms with Gasteiger partial charge in [-0.3, -0.25) is 4.90 Å². The third-order valence-corrected chi connectivity index (χ3v) is 7.91. The van der Waals surface area contributed by atoms with Gasteiger partial charge in [-0.1, -0.05) is 19.9 Å². The van der Waals surface area contributed by atoms with E-state index in [2.05, 4.69) is 52.8 Å². The Morgan fingerprint density at radius 3 is 2.49 bits per heavy atom. The minimum atomic E-state index is -4.70. The van der Waals surface area contributed by atoms with Crippen molar-refractivity contribution in [3.8, 4) is 17.1 Å². The van der Waals surface area contributed by atoms with Gasteiger partial charge in [0.25, 0.3) is 0 Å². The molecule has 3 aromatic rings. The van der Waals surface area contributed by atoms with E-state index in [9.17, 15) is 13.2 Å². The Kier molecular flexibility index (Phi) is 7.50. The van der Waals surface area contributed by atoms with Crippen molar-refractivity contribution in [2.24, 2.45) is 5.92 Å². The number of piperidine rings is 2. The van der Waals surface area contributed by atoms with Gasteiger partial charge in [-0.05, 0) is 112 Å². The number of halogens is 3. The maximum Gasteiger partial charge on any atom is 0.573 e. The number of hydrogen-bond donors (Lipinski definition) is 2. The fraction of sp³-hybridized carbons (Fsp3) is 0.552. The number of rotatable bonds is 6. The summed E-state index contributed by atoms with van der Waals surface area (Å²) in [6, 6.07) is 11.6. The van der Waals surface area contributed by atoms with E-state index in [0.717, 1.165) is 48.2 Å². The van der Waals surface area contributed by atoms with E-state index in [4.69, 9.17) is 4.98 Å².